The van der Waals surface area contributed by atoms with Crippen LogP contribution in [0.2, 0.25) is 5.02 Å². The molecule has 14 heavy (non-hydrogen) atoms. The van der Waals surface area contributed by atoms with Crippen molar-refractivity contribution >= 4 is 22.4 Å². The topological polar surface area (TPSA) is 0 Å². The van der Waals surface area contributed by atoms with Gasteiger partial charge in [-0.1, -0.05) is 29.8 Å². The minimum Gasteiger partial charge on any atom is -0.205 e. The lowest BCUT2D eigenvalue weighted by Gasteiger charge is -2.07. The number of hydrogen-bond acceptors (Lipinski definition) is 0. The van der Waals surface area contributed by atoms with Gasteiger partial charge in [0.1, 0.15) is 5.82 Å². The molecule has 2 rings (SSSR count). The zero-order chi connectivity index (χ0) is 10.3. The van der Waals surface area contributed by atoms with Crippen LogP contribution in [0.25, 0.3) is 10.8 Å². The van der Waals surface area contributed by atoms with Gasteiger partial charge in [0.25, 0.3) is 0 Å². The summed E-state index contributed by atoms with van der Waals surface area (Å²) in [6.07, 6.45) is 0. The first-order chi connectivity index (χ1) is 6.61. The fourth-order valence-electron chi connectivity index (χ4n) is 1.60. The second-order valence-corrected chi connectivity index (χ2v) is 3.84. The summed E-state index contributed by atoms with van der Waals surface area (Å²) in [6.45, 7) is 4.05. The van der Waals surface area contributed by atoms with Gasteiger partial charge in [-0.05, 0) is 36.4 Å². The molecule has 0 spiro atoms. The predicted octanol–water partition coefficient (Wildman–Crippen LogP) is 4.25. The first-order valence-corrected chi connectivity index (χ1v) is 4.83. The number of benzene rings is 2. The highest BCUT2D eigenvalue weighted by atomic mass is 35.5. The Balaban J connectivity index is 2.94. The van der Waals surface area contributed by atoms with Crippen LogP contribution in [0.4, 0.5) is 4.39 Å². The fraction of sp³-hybridized carbons (Fsp3) is 0.167. The predicted molar refractivity (Wildman–Crippen MR) is 58.4 cm³/mol. The van der Waals surface area contributed by atoms with Crippen LogP contribution in [0.1, 0.15) is 11.1 Å². The molecule has 72 valence electrons. The molecule has 0 aliphatic heterocycles. The van der Waals surface area contributed by atoms with Gasteiger partial charge in [-0.25, -0.2) is 4.39 Å². The number of halogens is 2. The van der Waals surface area contributed by atoms with E-state index in [0.717, 1.165) is 16.3 Å². The normalized spacial score (nSPS) is 10.9. The van der Waals surface area contributed by atoms with E-state index < -0.39 is 0 Å². The second-order valence-electron chi connectivity index (χ2n) is 3.46. The van der Waals surface area contributed by atoms with Crippen molar-refractivity contribution in [1.82, 2.24) is 0 Å². The van der Waals surface area contributed by atoms with Crippen molar-refractivity contribution in [2.24, 2.45) is 0 Å². The van der Waals surface area contributed by atoms with Gasteiger partial charge in [-0.2, -0.15) is 0 Å². The molecule has 0 nitrogen and oxygen atoms in total. The van der Waals surface area contributed by atoms with E-state index in [4.69, 9.17) is 11.6 Å². The van der Waals surface area contributed by atoms with Gasteiger partial charge in [-0.3, -0.25) is 0 Å². The van der Waals surface area contributed by atoms with Crippen LogP contribution < -0.4 is 0 Å². The van der Waals surface area contributed by atoms with E-state index in [1.165, 1.54) is 11.6 Å². The lowest BCUT2D eigenvalue weighted by Crippen LogP contribution is -1.86. The molecule has 0 aromatic heterocycles. The fourth-order valence-corrected chi connectivity index (χ4v) is 1.83. The molecule has 0 fully saturated rings. The van der Waals surface area contributed by atoms with Crippen molar-refractivity contribution in [3.63, 3.8) is 0 Å². The first kappa shape index (κ1) is 9.47. The van der Waals surface area contributed by atoms with Crippen molar-refractivity contribution in [2.45, 2.75) is 13.8 Å². The van der Waals surface area contributed by atoms with Gasteiger partial charge in [0.05, 0.1) is 5.02 Å². The lowest BCUT2D eigenvalue weighted by molar-refractivity contribution is 0.630. The van der Waals surface area contributed by atoms with E-state index >= 15 is 0 Å². The molecular weight excluding hydrogens is 199 g/mol. The third-order valence-electron chi connectivity index (χ3n) is 2.63. The van der Waals surface area contributed by atoms with Crippen LogP contribution in [-0.4, -0.2) is 0 Å². The highest BCUT2D eigenvalue weighted by molar-refractivity contribution is 6.35. The van der Waals surface area contributed by atoms with Crippen molar-refractivity contribution in [3.05, 3.63) is 46.2 Å². The first-order valence-electron chi connectivity index (χ1n) is 4.45. The van der Waals surface area contributed by atoms with Crippen LogP contribution in [0, 0.1) is 19.7 Å². The molecule has 0 aliphatic carbocycles. The molecule has 0 radical (unpaired) electrons. The van der Waals surface area contributed by atoms with Gasteiger partial charge in [-0.15, -0.1) is 0 Å². The van der Waals surface area contributed by atoms with Crippen molar-refractivity contribution in [1.29, 1.82) is 0 Å². The van der Waals surface area contributed by atoms with E-state index in [2.05, 4.69) is 0 Å². The van der Waals surface area contributed by atoms with Crippen molar-refractivity contribution in [3.8, 4) is 0 Å². The Morgan fingerprint density at radius 2 is 1.64 bits per heavy atom. The summed E-state index contributed by atoms with van der Waals surface area (Å²) in [5.74, 6) is -0.359. The molecule has 0 saturated heterocycles. The van der Waals surface area contributed by atoms with Crippen LogP contribution in [0.15, 0.2) is 24.3 Å². The molecule has 0 heterocycles. The average molecular weight is 209 g/mol. The van der Waals surface area contributed by atoms with Crippen molar-refractivity contribution < 1.29 is 4.39 Å². The third kappa shape index (κ3) is 1.28. The summed E-state index contributed by atoms with van der Waals surface area (Å²) >= 11 is 5.88. The molecule has 0 aliphatic rings. The molecule has 0 atom stereocenters. The highest BCUT2D eigenvalue weighted by Gasteiger charge is 2.07. The number of hydrogen-bond donors (Lipinski definition) is 0. The maximum absolute atomic E-state index is 13.1. The van der Waals surface area contributed by atoms with Gasteiger partial charge in [0, 0.05) is 5.39 Å². The van der Waals surface area contributed by atoms with Crippen molar-refractivity contribution in [2.75, 3.05) is 0 Å². The molecule has 2 aromatic carbocycles. The highest BCUT2D eigenvalue weighted by Crippen LogP contribution is 2.29. The molecule has 0 unspecified atom stereocenters. The Morgan fingerprint density at radius 3 is 2.36 bits per heavy atom. The Bertz CT molecular complexity index is 456. The molecule has 0 N–H and O–H groups in total. The summed E-state index contributed by atoms with van der Waals surface area (Å²) in [7, 11) is 0. The summed E-state index contributed by atoms with van der Waals surface area (Å²) in [5, 5.41) is 2.02. The average Bonchev–Trinajstić information content (AvgIpc) is 2.17. The SMILES string of the molecule is Cc1ccc2c(Cl)c(F)ccc2c1C. The van der Waals surface area contributed by atoms with E-state index in [9.17, 15) is 4.39 Å². The van der Waals surface area contributed by atoms with Gasteiger partial charge in [0.15, 0.2) is 0 Å². The van der Waals surface area contributed by atoms with Gasteiger partial charge < -0.3 is 0 Å². The number of rotatable bonds is 0. The summed E-state index contributed by atoms with van der Waals surface area (Å²) < 4.78 is 13.1. The molecule has 0 bridgehead atoms. The standard InChI is InChI=1S/C12H10ClF/c1-7-3-4-10-9(8(7)2)5-6-11(14)12(10)13/h3-6H,1-2H3. The number of aryl methyl sites for hydroxylation is 2. The summed E-state index contributed by atoms with van der Waals surface area (Å²) in [6, 6.07) is 7.02. The maximum Gasteiger partial charge on any atom is 0.142 e. The molecule has 2 heteroatoms. The Kier molecular flexibility index (Phi) is 2.20. The Labute approximate surface area is 87.3 Å². The van der Waals surface area contributed by atoms with Gasteiger partial charge >= 0.3 is 0 Å². The molecular formula is C12H10ClF. The lowest BCUT2D eigenvalue weighted by atomic mass is 10.0. The largest absolute Gasteiger partial charge is 0.205 e. The third-order valence-corrected chi connectivity index (χ3v) is 3.01. The zero-order valence-corrected chi connectivity index (χ0v) is 8.82. The van der Waals surface area contributed by atoms with Crippen LogP contribution >= 0.6 is 11.6 Å². The smallest absolute Gasteiger partial charge is 0.142 e. The van der Waals surface area contributed by atoms with E-state index in [-0.39, 0.29) is 10.8 Å². The quantitative estimate of drug-likeness (QED) is 0.607. The zero-order valence-electron chi connectivity index (χ0n) is 8.07. The minimum atomic E-state index is -0.359. The van der Waals surface area contributed by atoms with E-state index in [1.54, 1.807) is 6.07 Å². The minimum absolute atomic E-state index is 0.214. The van der Waals surface area contributed by atoms with E-state index in [1.807, 2.05) is 26.0 Å². The van der Waals surface area contributed by atoms with Crippen LogP contribution in [0.5, 0.6) is 0 Å². The Morgan fingerprint density at radius 1 is 1.00 bits per heavy atom. The maximum atomic E-state index is 13.1. The van der Waals surface area contributed by atoms with Crippen LogP contribution in [-0.2, 0) is 0 Å². The van der Waals surface area contributed by atoms with E-state index in [0.29, 0.717) is 0 Å². The molecule has 0 saturated carbocycles. The molecule has 0 amide bonds. The van der Waals surface area contributed by atoms with Gasteiger partial charge in [0.2, 0.25) is 0 Å². The summed E-state index contributed by atoms with van der Waals surface area (Å²) in [5.41, 5.74) is 2.35. The summed E-state index contributed by atoms with van der Waals surface area (Å²) in [4.78, 5) is 0. The second kappa shape index (κ2) is 3.25. The van der Waals surface area contributed by atoms with Crippen LogP contribution in [0.3, 0.4) is 0 Å². The number of fused-ring (bicyclic) bond motifs is 1. The monoisotopic (exact) mass is 208 g/mol. The molecule has 2 aromatic rings. The Hall–Kier alpha value is -1.08.